The number of pyridine rings is 1. The Balaban J connectivity index is 1.62. The van der Waals surface area contributed by atoms with Crippen LogP contribution in [0.25, 0.3) is 10.9 Å². The third-order valence-corrected chi connectivity index (χ3v) is 3.20. The molecule has 0 N–H and O–H groups in total. The first-order valence-electron chi connectivity index (χ1n) is 6.97. The van der Waals surface area contributed by atoms with Crippen LogP contribution in [0.2, 0.25) is 0 Å². The van der Waals surface area contributed by atoms with Crippen molar-refractivity contribution in [3.05, 3.63) is 66.4 Å². The fourth-order valence-corrected chi connectivity index (χ4v) is 2.18. The van der Waals surface area contributed by atoms with Crippen LogP contribution < -0.4 is 9.47 Å². The lowest BCUT2D eigenvalue weighted by atomic mass is 10.2. The molecule has 0 saturated heterocycles. The second-order valence-electron chi connectivity index (χ2n) is 4.64. The third kappa shape index (κ3) is 2.99. The number of hydrogen-bond acceptors (Lipinski definition) is 4. The molecular formula is C18H14N2O2. The number of hydrogen-bond donors (Lipinski definition) is 0. The maximum Gasteiger partial charge on any atom is 0.145 e. The highest BCUT2D eigenvalue weighted by molar-refractivity contribution is 5.84. The third-order valence-electron chi connectivity index (χ3n) is 3.20. The van der Waals surface area contributed by atoms with Gasteiger partial charge in [-0.25, -0.2) is 0 Å². The minimum Gasteiger partial charge on any atom is -0.489 e. The van der Waals surface area contributed by atoms with Crippen molar-refractivity contribution in [1.29, 1.82) is 5.26 Å². The molecule has 0 radical (unpaired) electrons. The molecule has 0 aliphatic carbocycles. The minimum absolute atomic E-state index is 0.363. The van der Waals surface area contributed by atoms with Crippen LogP contribution in [-0.2, 0) is 0 Å². The van der Waals surface area contributed by atoms with E-state index in [0.29, 0.717) is 24.5 Å². The number of para-hydroxylation sites is 2. The zero-order chi connectivity index (χ0) is 15.2. The van der Waals surface area contributed by atoms with Crippen molar-refractivity contribution in [2.75, 3.05) is 13.2 Å². The smallest absolute Gasteiger partial charge is 0.145 e. The molecule has 0 unspecified atom stereocenters. The van der Waals surface area contributed by atoms with Gasteiger partial charge in [0.25, 0.3) is 0 Å². The topological polar surface area (TPSA) is 55.1 Å². The van der Waals surface area contributed by atoms with Crippen LogP contribution in [0.5, 0.6) is 11.5 Å². The molecular weight excluding hydrogens is 276 g/mol. The summed E-state index contributed by atoms with van der Waals surface area (Å²) in [5.41, 5.74) is 1.36. The van der Waals surface area contributed by atoms with Gasteiger partial charge in [0, 0.05) is 11.6 Å². The quantitative estimate of drug-likeness (QED) is 0.674. The normalized spacial score (nSPS) is 10.1. The summed E-state index contributed by atoms with van der Waals surface area (Å²) in [7, 11) is 0. The number of aromatic nitrogens is 1. The molecule has 0 bridgehead atoms. The standard InChI is InChI=1S/C18H14N2O2/c19-13-15-5-1-2-8-16(15)21-11-12-22-17-9-3-6-14-7-4-10-20-18(14)17/h1-10H,11-12H2. The Bertz CT molecular complexity index is 819. The van der Waals surface area contributed by atoms with Crippen LogP contribution in [-0.4, -0.2) is 18.2 Å². The van der Waals surface area contributed by atoms with E-state index in [1.807, 2.05) is 42.5 Å². The average molecular weight is 290 g/mol. The van der Waals surface area contributed by atoms with Crippen LogP contribution in [0.4, 0.5) is 0 Å². The fraction of sp³-hybridized carbons (Fsp3) is 0.111. The van der Waals surface area contributed by atoms with E-state index in [1.165, 1.54) is 0 Å². The van der Waals surface area contributed by atoms with Gasteiger partial charge < -0.3 is 9.47 Å². The summed E-state index contributed by atoms with van der Waals surface area (Å²) in [6.07, 6.45) is 1.74. The predicted molar refractivity (Wildman–Crippen MR) is 83.9 cm³/mol. The highest BCUT2D eigenvalue weighted by atomic mass is 16.5. The first kappa shape index (κ1) is 13.9. The monoisotopic (exact) mass is 290 g/mol. The Morgan fingerprint density at radius 1 is 0.864 bits per heavy atom. The van der Waals surface area contributed by atoms with Gasteiger partial charge >= 0.3 is 0 Å². The van der Waals surface area contributed by atoms with Crippen molar-refractivity contribution in [2.45, 2.75) is 0 Å². The molecule has 2 aromatic carbocycles. The van der Waals surface area contributed by atoms with Crippen molar-refractivity contribution in [3.63, 3.8) is 0 Å². The molecule has 0 saturated carbocycles. The maximum absolute atomic E-state index is 9.00. The zero-order valence-electron chi connectivity index (χ0n) is 11.9. The Hall–Kier alpha value is -3.06. The van der Waals surface area contributed by atoms with E-state index in [1.54, 1.807) is 18.3 Å². The molecule has 3 aromatic rings. The van der Waals surface area contributed by atoms with Gasteiger partial charge in [-0.2, -0.15) is 5.26 Å². The van der Waals surface area contributed by atoms with Gasteiger partial charge in [0.05, 0.1) is 5.56 Å². The molecule has 0 aliphatic heterocycles. The van der Waals surface area contributed by atoms with Gasteiger partial charge in [-0.3, -0.25) is 4.98 Å². The molecule has 22 heavy (non-hydrogen) atoms. The molecule has 1 heterocycles. The summed E-state index contributed by atoms with van der Waals surface area (Å²) in [5, 5.41) is 10.0. The van der Waals surface area contributed by atoms with Crippen molar-refractivity contribution in [3.8, 4) is 17.6 Å². The highest BCUT2D eigenvalue weighted by Gasteiger charge is 2.04. The van der Waals surface area contributed by atoms with Gasteiger partial charge in [-0.15, -0.1) is 0 Å². The van der Waals surface area contributed by atoms with E-state index >= 15 is 0 Å². The van der Waals surface area contributed by atoms with E-state index in [9.17, 15) is 0 Å². The fourth-order valence-electron chi connectivity index (χ4n) is 2.18. The SMILES string of the molecule is N#Cc1ccccc1OCCOc1cccc2cccnc12. The molecule has 0 spiro atoms. The highest BCUT2D eigenvalue weighted by Crippen LogP contribution is 2.23. The summed E-state index contributed by atoms with van der Waals surface area (Å²) in [6, 6.07) is 19.0. The van der Waals surface area contributed by atoms with Gasteiger partial charge in [0.2, 0.25) is 0 Å². The van der Waals surface area contributed by atoms with E-state index in [-0.39, 0.29) is 0 Å². The molecule has 0 atom stereocenters. The molecule has 108 valence electrons. The number of ether oxygens (including phenoxy) is 2. The summed E-state index contributed by atoms with van der Waals surface area (Å²) in [4.78, 5) is 4.34. The van der Waals surface area contributed by atoms with E-state index in [4.69, 9.17) is 14.7 Å². The molecule has 0 fully saturated rings. The van der Waals surface area contributed by atoms with Crippen molar-refractivity contribution in [1.82, 2.24) is 4.98 Å². The number of rotatable bonds is 5. The van der Waals surface area contributed by atoms with Crippen LogP contribution in [0.1, 0.15) is 5.56 Å². The summed E-state index contributed by atoms with van der Waals surface area (Å²) in [6.45, 7) is 0.747. The molecule has 0 aliphatic rings. The number of nitriles is 1. The lowest BCUT2D eigenvalue weighted by Crippen LogP contribution is -2.10. The lowest BCUT2D eigenvalue weighted by molar-refractivity contribution is 0.218. The Kier molecular flexibility index (Phi) is 4.17. The Labute approximate surface area is 128 Å². The molecule has 3 rings (SSSR count). The van der Waals surface area contributed by atoms with Crippen molar-refractivity contribution < 1.29 is 9.47 Å². The molecule has 4 heteroatoms. The van der Waals surface area contributed by atoms with Gasteiger partial charge in [-0.05, 0) is 24.3 Å². The first-order chi connectivity index (χ1) is 10.9. The summed E-state index contributed by atoms with van der Waals surface area (Å²) in [5.74, 6) is 1.31. The Morgan fingerprint density at radius 3 is 2.45 bits per heavy atom. The van der Waals surface area contributed by atoms with E-state index in [0.717, 1.165) is 16.7 Å². The van der Waals surface area contributed by atoms with Crippen LogP contribution in [0.15, 0.2) is 60.8 Å². The number of fused-ring (bicyclic) bond motifs is 1. The van der Waals surface area contributed by atoms with Crippen molar-refractivity contribution >= 4 is 10.9 Å². The molecule has 0 amide bonds. The molecule has 4 nitrogen and oxygen atoms in total. The van der Waals surface area contributed by atoms with Gasteiger partial charge in [-0.1, -0.05) is 30.3 Å². The van der Waals surface area contributed by atoms with Gasteiger partial charge in [0.15, 0.2) is 0 Å². The van der Waals surface area contributed by atoms with Crippen molar-refractivity contribution in [2.24, 2.45) is 0 Å². The second-order valence-corrected chi connectivity index (χ2v) is 4.64. The minimum atomic E-state index is 0.363. The number of benzene rings is 2. The number of nitrogens with zero attached hydrogens (tertiary/aromatic N) is 2. The largest absolute Gasteiger partial charge is 0.489 e. The molecule has 1 aromatic heterocycles. The predicted octanol–water partition coefficient (Wildman–Crippen LogP) is 3.56. The van der Waals surface area contributed by atoms with Crippen LogP contribution in [0, 0.1) is 11.3 Å². The maximum atomic E-state index is 9.00. The Morgan fingerprint density at radius 2 is 1.59 bits per heavy atom. The van der Waals surface area contributed by atoms with E-state index < -0.39 is 0 Å². The van der Waals surface area contributed by atoms with Crippen LogP contribution in [0.3, 0.4) is 0 Å². The van der Waals surface area contributed by atoms with E-state index in [2.05, 4.69) is 11.1 Å². The summed E-state index contributed by atoms with van der Waals surface area (Å²) < 4.78 is 11.3. The first-order valence-corrected chi connectivity index (χ1v) is 6.97. The summed E-state index contributed by atoms with van der Waals surface area (Å²) >= 11 is 0. The average Bonchev–Trinajstić information content (AvgIpc) is 2.59. The zero-order valence-corrected chi connectivity index (χ0v) is 11.9. The second kappa shape index (κ2) is 6.59. The van der Waals surface area contributed by atoms with Gasteiger partial charge in [0.1, 0.15) is 36.3 Å². The lowest BCUT2D eigenvalue weighted by Gasteiger charge is -2.10. The van der Waals surface area contributed by atoms with Crippen LogP contribution >= 0.6 is 0 Å².